The minimum atomic E-state index is -0.698. The van der Waals surface area contributed by atoms with Crippen LogP contribution in [0.25, 0.3) is 0 Å². The summed E-state index contributed by atoms with van der Waals surface area (Å²) in [4.78, 5) is 26.4. The van der Waals surface area contributed by atoms with Crippen molar-refractivity contribution in [1.82, 2.24) is 4.90 Å². The molecule has 1 saturated heterocycles. The quantitative estimate of drug-likeness (QED) is 0.913. The van der Waals surface area contributed by atoms with Crippen LogP contribution in [0.3, 0.4) is 0 Å². The number of piperidine rings is 1. The van der Waals surface area contributed by atoms with Crippen LogP contribution in [0.1, 0.15) is 47.2 Å². The zero-order valence-electron chi connectivity index (χ0n) is 13.2. The fourth-order valence-corrected chi connectivity index (χ4v) is 4.16. The van der Waals surface area contributed by atoms with Gasteiger partial charge in [-0.25, -0.2) is 0 Å². The summed E-state index contributed by atoms with van der Waals surface area (Å²) in [6.07, 6.45) is 3.46. The second-order valence-corrected chi connectivity index (χ2v) is 6.71. The third-order valence-electron chi connectivity index (χ3n) is 5.33. The third-order valence-corrected chi connectivity index (χ3v) is 5.33. The largest absolute Gasteiger partial charge is 0.481 e. The molecule has 3 unspecified atom stereocenters. The molecule has 1 aromatic carbocycles. The standard InChI is InChI=1S/C18H23NO3/c1-11-6-7-12(2)15(10-11)17(20)19-9-8-14(18(21)22)13-4-3-5-16(13)19/h6-7,10,13-14,16H,3-5,8-9H2,1-2H3,(H,21,22). The van der Waals surface area contributed by atoms with Crippen molar-refractivity contribution >= 4 is 11.9 Å². The van der Waals surface area contributed by atoms with Gasteiger partial charge in [0.25, 0.3) is 5.91 Å². The average Bonchev–Trinajstić information content (AvgIpc) is 2.97. The topological polar surface area (TPSA) is 57.6 Å². The number of carbonyl (C=O) groups is 2. The zero-order valence-corrected chi connectivity index (χ0v) is 13.2. The lowest BCUT2D eigenvalue weighted by atomic mass is 9.81. The van der Waals surface area contributed by atoms with Crippen LogP contribution in [0.4, 0.5) is 0 Å². The van der Waals surface area contributed by atoms with Gasteiger partial charge >= 0.3 is 5.97 Å². The first kappa shape index (κ1) is 15.1. The highest BCUT2D eigenvalue weighted by molar-refractivity contribution is 5.96. The molecule has 0 bridgehead atoms. The van der Waals surface area contributed by atoms with Crippen molar-refractivity contribution in [3.8, 4) is 0 Å². The normalized spacial score (nSPS) is 27.5. The smallest absolute Gasteiger partial charge is 0.306 e. The van der Waals surface area contributed by atoms with Crippen molar-refractivity contribution in [2.24, 2.45) is 11.8 Å². The minimum Gasteiger partial charge on any atom is -0.481 e. The number of amides is 1. The highest BCUT2D eigenvalue weighted by Crippen LogP contribution is 2.41. The van der Waals surface area contributed by atoms with Crippen LogP contribution < -0.4 is 0 Å². The molecular weight excluding hydrogens is 278 g/mol. The molecule has 0 spiro atoms. The summed E-state index contributed by atoms with van der Waals surface area (Å²) in [6.45, 7) is 4.51. The molecule has 4 heteroatoms. The van der Waals surface area contributed by atoms with Crippen LogP contribution >= 0.6 is 0 Å². The summed E-state index contributed by atoms with van der Waals surface area (Å²) in [6, 6.07) is 6.05. The Hall–Kier alpha value is -1.84. The van der Waals surface area contributed by atoms with E-state index in [-0.39, 0.29) is 23.8 Å². The highest BCUT2D eigenvalue weighted by atomic mass is 16.4. The van der Waals surface area contributed by atoms with Crippen molar-refractivity contribution in [3.05, 3.63) is 34.9 Å². The molecule has 0 aromatic heterocycles. The summed E-state index contributed by atoms with van der Waals surface area (Å²) in [7, 11) is 0. The van der Waals surface area contributed by atoms with Gasteiger partial charge in [0.1, 0.15) is 0 Å². The average molecular weight is 301 g/mol. The second kappa shape index (κ2) is 5.75. The minimum absolute atomic E-state index is 0.0712. The first-order chi connectivity index (χ1) is 10.5. The number of rotatable bonds is 2. The van der Waals surface area contributed by atoms with Crippen LogP contribution in [0, 0.1) is 25.7 Å². The molecule has 118 valence electrons. The molecule has 1 saturated carbocycles. The summed E-state index contributed by atoms with van der Waals surface area (Å²) < 4.78 is 0. The van der Waals surface area contributed by atoms with E-state index >= 15 is 0 Å². The van der Waals surface area contributed by atoms with Gasteiger partial charge in [-0.15, -0.1) is 0 Å². The summed E-state index contributed by atoms with van der Waals surface area (Å²) >= 11 is 0. The third kappa shape index (κ3) is 2.51. The molecule has 0 radical (unpaired) electrons. The number of aliphatic carboxylic acids is 1. The van der Waals surface area contributed by atoms with Crippen LogP contribution in [-0.4, -0.2) is 34.5 Å². The van der Waals surface area contributed by atoms with E-state index in [2.05, 4.69) is 0 Å². The first-order valence-corrected chi connectivity index (χ1v) is 8.10. The van der Waals surface area contributed by atoms with Gasteiger partial charge in [-0.2, -0.15) is 0 Å². The Bertz CT molecular complexity index is 610. The highest BCUT2D eigenvalue weighted by Gasteiger charge is 2.45. The van der Waals surface area contributed by atoms with E-state index in [9.17, 15) is 14.7 Å². The molecule has 1 amide bonds. The van der Waals surface area contributed by atoms with E-state index in [1.54, 1.807) is 0 Å². The molecule has 1 heterocycles. The number of carbonyl (C=O) groups excluding carboxylic acids is 1. The number of benzene rings is 1. The fourth-order valence-electron chi connectivity index (χ4n) is 4.16. The maximum Gasteiger partial charge on any atom is 0.306 e. The van der Waals surface area contributed by atoms with Gasteiger partial charge in [0.15, 0.2) is 0 Å². The maximum absolute atomic E-state index is 13.0. The SMILES string of the molecule is Cc1ccc(C)c(C(=O)N2CCC(C(=O)O)C3CCCC32)c1. The molecule has 1 aliphatic heterocycles. The molecule has 1 aromatic rings. The predicted molar refractivity (Wildman–Crippen MR) is 83.8 cm³/mol. The number of carboxylic acid groups (broad SMARTS) is 1. The number of hydrogen-bond donors (Lipinski definition) is 1. The maximum atomic E-state index is 13.0. The Morgan fingerprint density at radius 2 is 1.95 bits per heavy atom. The summed E-state index contributed by atoms with van der Waals surface area (Å²) in [5, 5.41) is 9.40. The Morgan fingerprint density at radius 1 is 1.18 bits per heavy atom. The molecule has 22 heavy (non-hydrogen) atoms. The molecule has 3 atom stereocenters. The first-order valence-electron chi connectivity index (χ1n) is 8.10. The van der Waals surface area contributed by atoms with Gasteiger partial charge in [-0.05, 0) is 50.7 Å². The van der Waals surface area contributed by atoms with Crippen molar-refractivity contribution in [1.29, 1.82) is 0 Å². The molecule has 3 rings (SSSR count). The molecule has 2 aliphatic rings. The van der Waals surface area contributed by atoms with E-state index in [0.717, 1.165) is 36.0 Å². The zero-order chi connectivity index (χ0) is 15.9. The lowest BCUT2D eigenvalue weighted by molar-refractivity contribution is -0.146. The van der Waals surface area contributed by atoms with Crippen molar-refractivity contribution in [2.45, 2.75) is 45.6 Å². The van der Waals surface area contributed by atoms with Crippen LogP contribution in [-0.2, 0) is 4.79 Å². The van der Waals surface area contributed by atoms with Crippen LogP contribution in [0.5, 0.6) is 0 Å². The van der Waals surface area contributed by atoms with E-state index in [1.807, 2.05) is 36.9 Å². The van der Waals surface area contributed by atoms with Crippen molar-refractivity contribution in [3.63, 3.8) is 0 Å². The van der Waals surface area contributed by atoms with Gasteiger partial charge in [0.2, 0.25) is 0 Å². The number of likely N-dealkylation sites (tertiary alicyclic amines) is 1. The number of carboxylic acids is 1. The second-order valence-electron chi connectivity index (χ2n) is 6.71. The lowest BCUT2D eigenvalue weighted by Crippen LogP contribution is -2.51. The predicted octanol–water partition coefficient (Wildman–Crippen LogP) is 3.02. The molecule has 4 nitrogen and oxygen atoms in total. The Morgan fingerprint density at radius 3 is 2.68 bits per heavy atom. The van der Waals surface area contributed by atoms with Gasteiger partial charge in [0, 0.05) is 18.2 Å². The van der Waals surface area contributed by atoms with Gasteiger partial charge in [-0.1, -0.05) is 24.1 Å². The molecule has 2 fully saturated rings. The van der Waals surface area contributed by atoms with Crippen LogP contribution in [0.15, 0.2) is 18.2 Å². The number of nitrogens with zero attached hydrogens (tertiary/aromatic N) is 1. The van der Waals surface area contributed by atoms with Crippen LogP contribution in [0.2, 0.25) is 0 Å². The van der Waals surface area contributed by atoms with Crippen molar-refractivity contribution < 1.29 is 14.7 Å². The van der Waals surface area contributed by atoms with Gasteiger partial charge in [0.05, 0.1) is 5.92 Å². The summed E-state index contributed by atoms with van der Waals surface area (Å²) in [5.74, 6) is -0.784. The molecular formula is C18H23NO3. The summed E-state index contributed by atoms with van der Waals surface area (Å²) in [5.41, 5.74) is 2.84. The van der Waals surface area contributed by atoms with E-state index in [1.165, 1.54) is 0 Å². The van der Waals surface area contributed by atoms with Gasteiger partial charge in [-0.3, -0.25) is 9.59 Å². The molecule has 1 aliphatic carbocycles. The number of hydrogen-bond acceptors (Lipinski definition) is 2. The van der Waals surface area contributed by atoms with Crippen molar-refractivity contribution in [2.75, 3.05) is 6.54 Å². The molecule has 1 N–H and O–H groups in total. The fraction of sp³-hybridized carbons (Fsp3) is 0.556. The number of aryl methyl sites for hydroxylation is 2. The monoisotopic (exact) mass is 301 g/mol. The number of fused-ring (bicyclic) bond motifs is 1. The van der Waals surface area contributed by atoms with E-state index in [0.29, 0.717) is 13.0 Å². The van der Waals surface area contributed by atoms with Gasteiger partial charge < -0.3 is 10.0 Å². The van der Waals surface area contributed by atoms with E-state index in [4.69, 9.17) is 0 Å². The Labute approximate surface area is 131 Å². The Kier molecular flexibility index (Phi) is 3.94. The van der Waals surface area contributed by atoms with E-state index < -0.39 is 5.97 Å². The Balaban J connectivity index is 1.87. The lowest BCUT2D eigenvalue weighted by Gasteiger charge is -2.41.